The van der Waals surface area contributed by atoms with Gasteiger partial charge in [0, 0.05) is 6.42 Å². The lowest BCUT2D eigenvalue weighted by atomic mass is 10.0. The van der Waals surface area contributed by atoms with Crippen LogP contribution in [0.4, 0.5) is 0 Å². The van der Waals surface area contributed by atoms with Gasteiger partial charge in [0.2, 0.25) is 5.91 Å². The number of ether oxygens (including phenoxy) is 1. The maximum atomic E-state index is 12.9. The number of aryl methyl sites for hydroxylation is 2. The van der Waals surface area contributed by atoms with Gasteiger partial charge in [-0.25, -0.2) is 4.79 Å². The van der Waals surface area contributed by atoms with E-state index in [-0.39, 0.29) is 11.8 Å². The van der Waals surface area contributed by atoms with E-state index in [4.69, 9.17) is 10.5 Å². The van der Waals surface area contributed by atoms with Crippen LogP contribution in [-0.4, -0.2) is 24.0 Å². The average molecular weight is 383 g/mol. The van der Waals surface area contributed by atoms with Crippen molar-refractivity contribution in [1.29, 1.82) is 0 Å². The van der Waals surface area contributed by atoms with Crippen molar-refractivity contribution in [3.63, 3.8) is 0 Å². The van der Waals surface area contributed by atoms with Crippen LogP contribution in [0.3, 0.4) is 0 Å². The van der Waals surface area contributed by atoms with Crippen molar-refractivity contribution >= 4 is 11.9 Å². The monoisotopic (exact) mass is 382 g/mol. The lowest BCUT2D eigenvalue weighted by molar-refractivity contribution is -0.139. The smallest absolute Gasteiger partial charge is 0.334 e. The Morgan fingerprint density at radius 2 is 1.75 bits per heavy atom. The number of hydrogen-bond acceptors (Lipinski definition) is 4. The van der Waals surface area contributed by atoms with Gasteiger partial charge in [0.25, 0.3) is 0 Å². The van der Waals surface area contributed by atoms with Crippen LogP contribution in [-0.2, 0) is 16.0 Å². The molecule has 0 heterocycles. The van der Waals surface area contributed by atoms with E-state index < -0.39 is 18.1 Å². The van der Waals surface area contributed by atoms with Crippen molar-refractivity contribution in [2.45, 2.75) is 52.6 Å². The number of amides is 1. The molecule has 0 unspecified atom stereocenters. The van der Waals surface area contributed by atoms with Crippen LogP contribution in [0.25, 0.3) is 0 Å². The van der Waals surface area contributed by atoms with E-state index in [0.717, 1.165) is 16.7 Å². The third kappa shape index (κ3) is 6.50. The molecule has 0 fully saturated rings. The minimum Gasteiger partial charge on any atom is -0.425 e. The highest BCUT2D eigenvalue weighted by Crippen LogP contribution is 2.20. The fourth-order valence-electron chi connectivity index (χ4n) is 3.03. The lowest BCUT2D eigenvalue weighted by Crippen LogP contribution is -2.50. The molecule has 5 heteroatoms. The Hall–Kier alpha value is -2.66. The molecule has 0 aliphatic carbocycles. The second-order valence-electron chi connectivity index (χ2n) is 7.68. The van der Waals surface area contributed by atoms with Crippen molar-refractivity contribution in [2.75, 3.05) is 0 Å². The van der Waals surface area contributed by atoms with E-state index in [9.17, 15) is 9.59 Å². The molecule has 150 valence electrons. The molecule has 1 amide bonds. The van der Waals surface area contributed by atoms with Gasteiger partial charge >= 0.3 is 5.97 Å². The highest BCUT2D eigenvalue weighted by atomic mass is 16.5. The zero-order chi connectivity index (χ0) is 20.7. The SMILES string of the molecule is Cc1ccc(OC(=O)[C@H](Cc2ccccc2)NC(=O)[C@@H](N)CC(C)C)c(C)c1. The van der Waals surface area contributed by atoms with Gasteiger partial charge in [-0.2, -0.15) is 0 Å². The predicted octanol–water partition coefficient (Wildman–Crippen LogP) is 3.31. The first kappa shape index (κ1) is 21.6. The number of esters is 1. The standard InChI is InChI=1S/C23H30N2O3/c1-15(2)12-19(24)22(26)25-20(14-18-8-6-5-7-9-18)23(27)28-21-11-10-16(3)13-17(21)4/h5-11,13,15,19-20H,12,14,24H2,1-4H3,(H,25,26)/t19-,20-/m0/s1. The van der Waals surface area contributed by atoms with E-state index in [1.54, 1.807) is 6.07 Å². The van der Waals surface area contributed by atoms with E-state index in [1.807, 2.05) is 70.2 Å². The molecule has 0 aliphatic heterocycles. The van der Waals surface area contributed by atoms with E-state index in [0.29, 0.717) is 18.6 Å². The Bertz CT molecular complexity index is 803. The fraction of sp³-hybridized carbons (Fsp3) is 0.391. The average Bonchev–Trinajstić information content (AvgIpc) is 2.63. The molecule has 3 N–H and O–H groups in total. The molecule has 0 radical (unpaired) electrons. The Morgan fingerprint density at radius 1 is 1.07 bits per heavy atom. The quantitative estimate of drug-likeness (QED) is 0.542. The molecule has 0 aromatic heterocycles. The zero-order valence-corrected chi connectivity index (χ0v) is 17.1. The molecule has 2 aromatic rings. The molecule has 2 aromatic carbocycles. The van der Waals surface area contributed by atoms with Crippen LogP contribution in [0.2, 0.25) is 0 Å². The molecule has 2 rings (SSSR count). The Labute approximate surface area is 167 Å². The van der Waals surface area contributed by atoms with Crippen molar-refractivity contribution < 1.29 is 14.3 Å². The summed E-state index contributed by atoms with van der Waals surface area (Å²) in [6, 6.07) is 13.7. The summed E-state index contributed by atoms with van der Waals surface area (Å²) in [6.45, 7) is 7.87. The van der Waals surface area contributed by atoms with Crippen LogP contribution in [0.5, 0.6) is 5.75 Å². The molecule has 2 atom stereocenters. The summed E-state index contributed by atoms with van der Waals surface area (Å²) in [5.41, 5.74) is 8.88. The van der Waals surface area contributed by atoms with Crippen molar-refractivity contribution in [1.82, 2.24) is 5.32 Å². The third-order valence-corrected chi connectivity index (χ3v) is 4.49. The predicted molar refractivity (Wildman–Crippen MR) is 111 cm³/mol. The number of nitrogens with one attached hydrogen (secondary N) is 1. The van der Waals surface area contributed by atoms with Crippen LogP contribution >= 0.6 is 0 Å². The van der Waals surface area contributed by atoms with Gasteiger partial charge in [-0.05, 0) is 43.4 Å². The van der Waals surface area contributed by atoms with Crippen LogP contribution in [0.15, 0.2) is 48.5 Å². The molecule has 28 heavy (non-hydrogen) atoms. The second-order valence-corrected chi connectivity index (χ2v) is 7.68. The van der Waals surface area contributed by atoms with Gasteiger partial charge in [-0.15, -0.1) is 0 Å². The maximum Gasteiger partial charge on any atom is 0.334 e. The first-order valence-electron chi connectivity index (χ1n) is 9.65. The van der Waals surface area contributed by atoms with Gasteiger partial charge in [-0.3, -0.25) is 4.79 Å². The van der Waals surface area contributed by atoms with Gasteiger partial charge in [0.1, 0.15) is 11.8 Å². The van der Waals surface area contributed by atoms with E-state index in [2.05, 4.69) is 5.32 Å². The lowest BCUT2D eigenvalue weighted by Gasteiger charge is -2.21. The Morgan fingerprint density at radius 3 is 2.36 bits per heavy atom. The molecule has 0 saturated carbocycles. The zero-order valence-electron chi connectivity index (χ0n) is 17.1. The molecule has 0 aliphatic rings. The number of carbonyl (C=O) groups excluding carboxylic acids is 2. The summed E-state index contributed by atoms with van der Waals surface area (Å²) in [6.07, 6.45) is 0.890. The molecule has 0 spiro atoms. The van der Waals surface area contributed by atoms with Gasteiger partial charge < -0.3 is 15.8 Å². The van der Waals surface area contributed by atoms with Gasteiger partial charge in [0.05, 0.1) is 6.04 Å². The van der Waals surface area contributed by atoms with E-state index >= 15 is 0 Å². The Balaban J connectivity index is 2.16. The van der Waals surface area contributed by atoms with Crippen molar-refractivity contribution in [3.8, 4) is 5.75 Å². The summed E-state index contributed by atoms with van der Waals surface area (Å²) in [5, 5.41) is 2.78. The summed E-state index contributed by atoms with van der Waals surface area (Å²) in [5.74, 6) is -0.0574. The van der Waals surface area contributed by atoms with E-state index in [1.165, 1.54) is 0 Å². The summed E-state index contributed by atoms with van der Waals surface area (Å²) >= 11 is 0. The highest BCUT2D eigenvalue weighted by Gasteiger charge is 2.26. The summed E-state index contributed by atoms with van der Waals surface area (Å²) in [4.78, 5) is 25.4. The van der Waals surface area contributed by atoms with Crippen molar-refractivity contribution in [2.24, 2.45) is 11.7 Å². The maximum absolute atomic E-state index is 12.9. The molecule has 5 nitrogen and oxygen atoms in total. The molecule has 0 saturated heterocycles. The van der Waals surface area contributed by atoms with Gasteiger partial charge in [-0.1, -0.05) is 61.9 Å². The largest absolute Gasteiger partial charge is 0.425 e. The summed E-state index contributed by atoms with van der Waals surface area (Å²) in [7, 11) is 0. The molecular formula is C23H30N2O3. The van der Waals surface area contributed by atoms with Crippen molar-refractivity contribution in [3.05, 3.63) is 65.2 Å². The fourth-order valence-corrected chi connectivity index (χ4v) is 3.03. The molecular weight excluding hydrogens is 352 g/mol. The topological polar surface area (TPSA) is 81.4 Å². The third-order valence-electron chi connectivity index (χ3n) is 4.49. The number of benzene rings is 2. The van der Waals surface area contributed by atoms with Gasteiger partial charge in [0.15, 0.2) is 0 Å². The first-order valence-corrected chi connectivity index (χ1v) is 9.65. The Kier molecular flexibility index (Phi) is 7.76. The normalized spacial score (nSPS) is 13.1. The highest BCUT2D eigenvalue weighted by molar-refractivity contribution is 5.88. The number of hydrogen-bond donors (Lipinski definition) is 2. The number of nitrogens with two attached hydrogens (primary N) is 1. The van der Waals surface area contributed by atoms with Crippen LogP contribution in [0, 0.1) is 19.8 Å². The second kappa shape index (κ2) is 10.0. The van der Waals surface area contributed by atoms with Crippen LogP contribution in [0.1, 0.15) is 37.0 Å². The number of rotatable bonds is 8. The first-order chi connectivity index (χ1) is 13.3. The number of carbonyl (C=O) groups is 2. The summed E-state index contributed by atoms with van der Waals surface area (Å²) < 4.78 is 5.60. The minimum atomic E-state index is -0.811. The van der Waals surface area contributed by atoms with Crippen LogP contribution < -0.4 is 15.8 Å². The minimum absolute atomic E-state index is 0.287. The molecule has 0 bridgehead atoms.